The normalized spacial score (nSPS) is 24.5. The molecule has 1 aliphatic heterocycles. The molecule has 5 heteroatoms. The van der Waals surface area contributed by atoms with Crippen molar-refractivity contribution in [3.63, 3.8) is 0 Å². The molecule has 1 saturated heterocycles. The Hall–Kier alpha value is -1.52. The minimum absolute atomic E-state index is 0.513. The van der Waals surface area contributed by atoms with E-state index < -0.39 is 12.0 Å². The van der Waals surface area contributed by atoms with Crippen molar-refractivity contribution in [3.8, 4) is 0 Å². The van der Waals surface area contributed by atoms with Crippen molar-refractivity contribution in [2.24, 2.45) is 11.8 Å². The molecule has 0 spiro atoms. The van der Waals surface area contributed by atoms with Gasteiger partial charge in [0.25, 0.3) is 0 Å². The number of aliphatic carboxylic acids is 1. The lowest BCUT2D eigenvalue weighted by Crippen LogP contribution is -2.43. The van der Waals surface area contributed by atoms with Crippen LogP contribution in [0.5, 0.6) is 0 Å². The van der Waals surface area contributed by atoms with E-state index in [-0.39, 0.29) is 0 Å². The van der Waals surface area contributed by atoms with Gasteiger partial charge >= 0.3 is 5.97 Å². The average molecular weight is 321 g/mol. The van der Waals surface area contributed by atoms with Gasteiger partial charge in [0.1, 0.15) is 6.04 Å². The number of carboxylic acids is 1. The van der Waals surface area contributed by atoms with Gasteiger partial charge in [0, 0.05) is 40.8 Å². The van der Waals surface area contributed by atoms with E-state index in [1.807, 2.05) is 24.4 Å². The monoisotopic (exact) mass is 320 g/mol. The zero-order valence-electron chi connectivity index (χ0n) is 12.8. The molecule has 22 heavy (non-hydrogen) atoms. The summed E-state index contributed by atoms with van der Waals surface area (Å²) in [5, 5.41) is 11.3. The van der Waals surface area contributed by atoms with Crippen molar-refractivity contribution in [3.05, 3.63) is 35.0 Å². The number of carbonyl (C=O) groups is 1. The summed E-state index contributed by atoms with van der Waals surface area (Å²) in [7, 11) is 0. The highest BCUT2D eigenvalue weighted by Gasteiger charge is 2.34. The van der Waals surface area contributed by atoms with Crippen molar-refractivity contribution < 1.29 is 9.90 Å². The molecule has 3 atom stereocenters. The topological polar surface area (TPSA) is 56.3 Å². The van der Waals surface area contributed by atoms with Crippen molar-refractivity contribution in [1.29, 1.82) is 0 Å². The van der Waals surface area contributed by atoms with Crippen LogP contribution in [0.2, 0.25) is 5.02 Å². The number of rotatable bonds is 3. The van der Waals surface area contributed by atoms with E-state index in [9.17, 15) is 9.90 Å². The van der Waals surface area contributed by atoms with Crippen LogP contribution >= 0.6 is 11.6 Å². The first kappa shape index (κ1) is 15.4. The maximum Gasteiger partial charge on any atom is 0.325 e. The molecule has 2 heterocycles. The first-order chi connectivity index (χ1) is 10.5. The Labute approximate surface area is 135 Å². The minimum atomic E-state index is -0.804. The van der Waals surface area contributed by atoms with Crippen molar-refractivity contribution in [2.75, 3.05) is 13.1 Å². The number of hydrogen-bond acceptors (Lipinski definition) is 2. The lowest BCUT2D eigenvalue weighted by Gasteiger charge is -2.38. The smallest absolute Gasteiger partial charge is 0.325 e. The molecule has 118 valence electrons. The number of hydrogen-bond donors (Lipinski definition) is 2. The van der Waals surface area contributed by atoms with Crippen LogP contribution < -0.4 is 0 Å². The summed E-state index contributed by atoms with van der Waals surface area (Å²) < 4.78 is 0. The lowest BCUT2D eigenvalue weighted by atomic mass is 9.89. The van der Waals surface area contributed by atoms with Gasteiger partial charge in [-0.3, -0.25) is 9.69 Å². The maximum absolute atomic E-state index is 12.0. The molecule has 1 fully saturated rings. The van der Waals surface area contributed by atoms with E-state index in [1.165, 1.54) is 0 Å². The summed E-state index contributed by atoms with van der Waals surface area (Å²) in [5.41, 5.74) is 1.72. The van der Waals surface area contributed by atoms with Crippen LogP contribution in [0.4, 0.5) is 0 Å². The molecular formula is C17H21ClN2O2. The fourth-order valence-electron chi connectivity index (χ4n) is 3.75. The van der Waals surface area contributed by atoms with E-state index >= 15 is 0 Å². The Morgan fingerprint density at radius 2 is 2.05 bits per heavy atom. The van der Waals surface area contributed by atoms with Gasteiger partial charge < -0.3 is 10.1 Å². The van der Waals surface area contributed by atoms with Crippen LogP contribution in [0.1, 0.15) is 31.9 Å². The van der Waals surface area contributed by atoms with Crippen LogP contribution in [-0.2, 0) is 4.79 Å². The average Bonchev–Trinajstić information content (AvgIpc) is 2.80. The number of aromatic nitrogens is 1. The van der Waals surface area contributed by atoms with Crippen LogP contribution in [0.15, 0.2) is 24.4 Å². The van der Waals surface area contributed by atoms with Crippen LogP contribution in [0.25, 0.3) is 10.9 Å². The van der Waals surface area contributed by atoms with E-state index in [4.69, 9.17) is 11.6 Å². The zero-order valence-corrected chi connectivity index (χ0v) is 13.6. The Bertz CT molecular complexity index is 687. The molecule has 1 aromatic carbocycles. The molecule has 2 aromatic rings. The number of piperidine rings is 1. The zero-order chi connectivity index (χ0) is 15.9. The minimum Gasteiger partial charge on any atom is -0.480 e. The standard InChI is InChI=1S/C17H21ClN2O2/c1-10-5-11(2)9-20(8-10)16(17(21)22)14-7-19-15-4-3-12(18)6-13(14)15/h3-4,6-7,10-11,16,19H,5,8-9H2,1-2H3,(H,21,22)/t10-,11-,16+/m1/s1. The van der Waals surface area contributed by atoms with Gasteiger partial charge in [-0.25, -0.2) is 0 Å². The second-order valence-corrected chi connectivity index (χ2v) is 7.01. The molecule has 0 aliphatic carbocycles. The van der Waals surface area contributed by atoms with Crippen LogP contribution in [0, 0.1) is 11.8 Å². The highest BCUT2D eigenvalue weighted by atomic mass is 35.5. The van der Waals surface area contributed by atoms with E-state index in [1.54, 1.807) is 0 Å². The summed E-state index contributed by atoms with van der Waals surface area (Å²) in [6.45, 7) is 6.00. The lowest BCUT2D eigenvalue weighted by molar-refractivity contribution is -0.144. The fourth-order valence-corrected chi connectivity index (χ4v) is 3.92. The maximum atomic E-state index is 12.0. The van der Waals surface area contributed by atoms with E-state index in [0.717, 1.165) is 36.0 Å². The van der Waals surface area contributed by atoms with Gasteiger partial charge in [-0.15, -0.1) is 0 Å². The SMILES string of the molecule is C[C@@H]1C[C@@H](C)CN([C@H](C(=O)O)c2c[nH]c3ccc(Cl)cc23)C1. The number of aromatic amines is 1. The van der Waals surface area contributed by atoms with Gasteiger partial charge in [0.2, 0.25) is 0 Å². The van der Waals surface area contributed by atoms with E-state index in [0.29, 0.717) is 16.9 Å². The molecule has 3 rings (SSSR count). The Kier molecular flexibility index (Phi) is 4.15. The first-order valence-corrected chi connectivity index (χ1v) is 8.07. The molecule has 0 saturated carbocycles. The molecule has 4 nitrogen and oxygen atoms in total. The van der Waals surface area contributed by atoms with Gasteiger partial charge in [-0.05, 0) is 36.5 Å². The second-order valence-electron chi connectivity index (χ2n) is 6.57. The molecule has 0 amide bonds. The summed E-state index contributed by atoms with van der Waals surface area (Å²) in [4.78, 5) is 17.2. The molecule has 0 bridgehead atoms. The second kappa shape index (κ2) is 5.94. The third-order valence-electron chi connectivity index (χ3n) is 4.47. The fraction of sp³-hybridized carbons (Fsp3) is 0.471. The first-order valence-electron chi connectivity index (χ1n) is 7.69. The molecule has 1 aliphatic rings. The number of likely N-dealkylation sites (tertiary alicyclic amines) is 1. The summed E-state index contributed by atoms with van der Waals surface area (Å²) in [5.74, 6) is 0.223. The number of carboxylic acid groups (broad SMARTS) is 1. The molecule has 2 N–H and O–H groups in total. The Morgan fingerprint density at radius 1 is 1.36 bits per heavy atom. The highest BCUT2D eigenvalue weighted by molar-refractivity contribution is 6.31. The van der Waals surface area contributed by atoms with Crippen LogP contribution in [0.3, 0.4) is 0 Å². The van der Waals surface area contributed by atoms with Gasteiger partial charge in [-0.1, -0.05) is 25.4 Å². The number of benzene rings is 1. The molecular weight excluding hydrogens is 300 g/mol. The molecule has 0 unspecified atom stereocenters. The summed E-state index contributed by atoms with van der Waals surface area (Å²) in [6, 6.07) is 4.92. The van der Waals surface area contributed by atoms with Crippen molar-refractivity contribution in [1.82, 2.24) is 9.88 Å². The number of nitrogens with zero attached hydrogens (tertiary/aromatic N) is 1. The quantitative estimate of drug-likeness (QED) is 0.901. The number of H-pyrrole nitrogens is 1. The molecule has 1 aromatic heterocycles. The molecule has 0 radical (unpaired) electrons. The Balaban J connectivity index is 2.03. The predicted molar refractivity (Wildman–Crippen MR) is 88.2 cm³/mol. The summed E-state index contributed by atoms with van der Waals surface area (Å²) in [6.07, 6.45) is 2.96. The number of nitrogens with one attached hydrogen (secondary N) is 1. The largest absolute Gasteiger partial charge is 0.480 e. The Morgan fingerprint density at radius 3 is 2.68 bits per heavy atom. The van der Waals surface area contributed by atoms with Crippen molar-refractivity contribution in [2.45, 2.75) is 26.3 Å². The van der Waals surface area contributed by atoms with Gasteiger partial charge in [-0.2, -0.15) is 0 Å². The highest BCUT2D eigenvalue weighted by Crippen LogP contribution is 2.34. The van der Waals surface area contributed by atoms with Gasteiger partial charge in [0.05, 0.1) is 0 Å². The third kappa shape index (κ3) is 2.85. The van der Waals surface area contributed by atoms with Crippen molar-refractivity contribution >= 4 is 28.5 Å². The predicted octanol–water partition coefficient (Wildman–Crippen LogP) is 3.92. The van der Waals surface area contributed by atoms with Crippen LogP contribution in [-0.4, -0.2) is 34.0 Å². The van der Waals surface area contributed by atoms with E-state index in [2.05, 4.69) is 23.7 Å². The third-order valence-corrected chi connectivity index (χ3v) is 4.70. The summed E-state index contributed by atoms with van der Waals surface area (Å²) >= 11 is 6.09. The number of fused-ring (bicyclic) bond motifs is 1. The van der Waals surface area contributed by atoms with Gasteiger partial charge in [0.15, 0.2) is 0 Å². The number of halogens is 1.